The summed E-state index contributed by atoms with van der Waals surface area (Å²) in [5.74, 6) is 1.91. The Kier molecular flexibility index (Phi) is 7.07. The number of ether oxygens (including phenoxy) is 1. The molecule has 2 nitrogen and oxygen atoms in total. The van der Waals surface area contributed by atoms with Gasteiger partial charge in [-0.05, 0) is 99.2 Å². The molecule has 0 N–H and O–H groups in total. The van der Waals surface area contributed by atoms with Gasteiger partial charge in [-0.25, -0.2) is 0 Å². The van der Waals surface area contributed by atoms with Crippen LogP contribution in [0.1, 0.15) is 88.5 Å². The third-order valence-electron chi connectivity index (χ3n) is 11.1. The minimum Gasteiger partial charge on any atom is -0.456 e. The molecule has 9 rings (SSSR count). The van der Waals surface area contributed by atoms with Crippen molar-refractivity contribution in [1.29, 1.82) is 0 Å². The first kappa shape index (κ1) is 30.6. The summed E-state index contributed by atoms with van der Waals surface area (Å²) >= 11 is 0. The number of pyridine rings is 1. The third kappa shape index (κ3) is 4.81. The van der Waals surface area contributed by atoms with Crippen molar-refractivity contribution in [3.8, 4) is 22.6 Å². The highest BCUT2D eigenvalue weighted by Gasteiger charge is 2.42. The molecule has 2 bridgehead atoms. The normalized spacial score (nSPS) is 15.9. The van der Waals surface area contributed by atoms with Crippen LogP contribution in [0.15, 0.2) is 140 Å². The Labute approximate surface area is 295 Å². The number of hydrogen-bond donors (Lipinski definition) is 0. The van der Waals surface area contributed by atoms with Crippen molar-refractivity contribution in [2.75, 3.05) is 0 Å². The summed E-state index contributed by atoms with van der Waals surface area (Å²) in [5, 5.41) is 2.61. The maximum atomic E-state index is 7.07. The fraction of sp³-hybridized carbons (Fsp3) is 0.188. The third-order valence-corrected chi connectivity index (χ3v) is 11.1. The van der Waals surface area contributed by atoms with E-state index in [1.54, 1.807) is 0 Å². The minimum absolute atomic E-state index is 0.00380. The van der Waals surface area contributed by atoms with E-state index in [0.29, 0.717) is 0 Å². The Balaban J connectivity index is 1.47. The first-order valence-electron chi connectivity index (χ1n) is 17.9. The number of benzene rings is 6. The molecule has 0 aliphatic carbocycles. The Hall–Kier alpha value is -5.47. The zero-order valence-electron chi connectivity index (χ0n) is 29.5. The van der Waals surface area contributed by atoms with Gasteiger partial charge >= 0.3 is 0 Å². The zero-order chi connectivity index (χ0) is 34.1. The summed E-state index contributed by atoms with van der Waals surface area (Å²) < 4.78 is 9.62. The summed E-state index contributed by atoms with van der Waals surface area (Å²) in [7, 11) is 0. The zero-order valence-corrected chi connectivity index (χ0v) is 29.5. The van der Waals surface area contributed by atoms with Crippen LogP contribution in [0, 0.1) is 13.8 Å². The molecule has 0 radical (unpaired) electrons. The van der Waals surface area contributed by atoms with Gasteiger partial charge in [0.15, 0.2) is 11.9 Å². The topological polar surface area (TPSA) is 13.1 Å². The molecule has 0 fully saturated rings. The maximum Gasteiger partial charge on any atom is 0.217 e. The van der Waals surface area contributed by atoms with Crippen molar-refractivity contribution in [3.63, 3.8) is 0 Å². The molecule has 3 heterocycles. The highest BCUT2D eigenvalue weighted by Crippen LogP contribution is 2.52. The summed E-state index contributed by atoms with van der Waals surface area (Å²) in [6.07, 6.45) is 3.13. The first-order chi connectivity index (χ1) is 24.3. The molecule has 244 valence electrons. The van der Waals surface area contributed by atoms with Crippen LogP contribution in [0.4, 0.5) is 0 Å². The van der Waals surface area contributed by atoms with E-state index in [2.05, 4.69) is 179 Å². The monoisotopic (exact) mass is 648 g/mol. The molecular formula is C48H42NO+. The van der Waals surface area contributed by atoms with Crippen molar-refractivity contribution in [1.82, 2.24) is 0 Å². The summed E-state index contributed by atoms with van der Waals surface area (Å²) in [6.45, 7) is 11.5. The van der Waals surface area contributed by atoms with Gasteiger partial charge in [0.25, 0.3) is 0 Å². The molecule has 0 saturated carbocycles. The Morgan fingerprint density at radius 1 is 0.660 bits per heavy atom. The second-order valence-electron chi connectivity index (χ2n) is 15.2. The minimum atomic E-state index is -0.102. The molecular weight excluding hydrogens is 607 g/mol. The van der Waals surface area contributed by atoms with Gasteiger partial charge in [-0.15, -0.1) is 0 Å². The Morgan fingerprint density at radius 2 is 1.38 bits per heavy atom. The number of rotatable bonds is 3. The van der Waals surface area contributed by atoms with E-state index in [-0.39, 0.29) is 17.4 Å². The van der Waals surface area contributed by atoms with Gasteiger partial charge < -0.3 is 4.74 Å². The van der Waals surface area contributed by atoms with Gasteiger partial charge in [-0.2, -0.15) is 4.57 Å². The smallest absolute Gasteiger partial charge is 0.217 e. The molecule has 2 atom stereocenters. The van der Waals surface area contributed by atoms with Gasteiger partial charge in [0.1, 0.15) is 11.5 Å². The van der Waals surface area contributed by atoms with Crippen LogP contribution < -0.4 is 9.30 Å². The van der Waals surface area contributed by atoms with E-state index in [9.17, 15) is 0 Å². The fourth-order valence-electron chi connectivity index (χ4n) is 8.60. The molecule has 7 aromatic rings. The van der Waals surface area contributed by atoms with Crippen LogP contribution in [-0.4, -0.2) is 0 Å². The molecule has 6 aromatic carbocycles. The molecule has 2 heteroatoms. The molecule has 2 aliphatic rings. The van der Waals surface area contributed by atoms with E-state index in [1.807, 2.05) is 0 Å². The molecule has 0 spiro atoms. The van der Waals surface area contributed by atoms with Crippen molar-refractivity contribution in [3.05, 3.63) is 195 Å². The summed E-state index contributed by atoms with van der Waals surface area (Å²) in [4.78, 5) is 0. The number of aryl methyl sites for hydroxylation is 2. The van der Waals surface area contributed by atoms with Crippen LogP contribution in [0.2, 0.25) is 0 Å². The van der Waals surface area contributed by atoms with E-state index in [4.69, 9.17) is 4.74 Å². The second kappa shape index (κ2) is 11.6. The SMILES string of the molecule is Cc1ccc2ccc3c(C)c2c1-c1c(Cc2ccccc2)ccc2c1C(c1ccc(C(C)(C)C)cc1O2)[n+]1ccccc1C3c1ccccc1. The molecule has 2 unspecified atom stereocenters. The Morgan fingerprint density at radius 3 is 2.16 bits per heavy atom. The van der Waals surface area contributed by atoms with Crippen LogP contribution >= 0.6 is 0 Å². The van der Waals surface area contributed by atoms with E-state index in [1.165, 1.54) is 77.7 Å². The molecule has 50 heavy (non-hydrogen) atoms. The van der Waals surface area contributed by atoms with Crippen molar-refractivity contribution in [2.45, 2.75) is 58.4 Å². The summed E-state index contributed by atoms with van der Waals surface area (Å²) in [5.41, 5.74) is 15.4. The summed E-state index contributed by atoms with van der Waals surface area (Å²) in [6, 6.07) is 49.4. The molecule has 0 saturated heterocycles. The van der Waals surface area contributed by atoms with Crippen molar-refractivity contribution >= 4 is 10.8 Å². The highest BCUT2D eigenvalue weighted by molar-refractivity contribution is 6.03. The lowest BCUT2D eigenvalue weighted by molar-refractivity contribution is -0.712. The van der Waals surface area contributed by atoms with Crippen molar-refractivity contribution in [2.24, 2.45) is 0 Å². The van der Waals surface area contributed by atoms with Gasteiger partial charge in [-0.3, -0.25) is 0 Å². The van der Waals surface area contributed by atoms with Crippen molar-refractivity contribution < 1.29 is 9.30 Å². The molecule has 0 amide bonds. The standard InChI is InChI=1S/C48H42NO/c1-30-19-20-34-21-24-37-31(2)43(34)42(30)45-35(28-32-14-8-6-9-15-32)22-26-40-46(45)47(38-25-23-36(48(3,4)5)29-41(38)50-40)49-27-13-12-18-39(49)44(37)33-16-10-7-11-17-33/h6-27,29,44,47H,28H2,1-5H3/q+1. The fourth-order valence-corrected chi connectivity index (χ4v) is 8.60. The quantitative estimate of drug-likeness (QED) is 0.174. The number of aromatic nitrogens is 1. The average Bonchev–Trinajstić information content (AvgIpc) is 3.12. The number of nitrogens with zero attached hydrogens (tertiary/aromatic N) is 1. The van der Waals surface area contributed by atoms with E-state index < -0.39 is 0 Å². The molecule has 2 aliphatic heterocycles. The Bertz CT molecular complexity index is 2430. The second-order valence-corrected chi connectivity index (χ2v) is 15.2. The molecule has 1 aromatic heterocycles. The van der Waals surface area contributed by atoms with Gasteiger partial charge in [0.05, 0.1) is 17.0 Å². The van der Waals surface area contributed by atoms with Gasteiger partial charge in [0, 0.05) is 17.7 Å². The maximum absolute atomic E-state index is 7.07. The lowest BCUT2D eigenvalue weighted by atomic mass is 9.76. The predicted octanol–water partition coefficient (Wildman–Crippen LogP) is 11.5. The van der Waals surface area contributed by atoms with Crippen LogP contribution in [-0.2, 0) is 11.8 Å². The largest absolute Gasteiger partial charge is 0.456 e. The van der Waals surface area contributed by atoms with Gasteiger partial charge in [-0.1, -0.05) is 124 Å². The lowest BCUT2D eigenvalue weighted by Gasteiger charge is -2.33. The number of fused-ring (bicyclic) bond motifs is 6. The van der Waals surface area contributed by atoms with E-state index >= 15 is 0 Å². The lowest BCUT2D eigenvalue weighted by Crippen LogP contribution is -2.47. The van der Waals surface area contributed by atoms with Crippen LogP contribution in [0.3, 0.4) is 0 Å². The van der Waals surface area contributed by atoms with Gasteiger partial charge in [0.2, 0.25) is 6.04 Å². The number of hydrogen-bond acceptors (Lipinski definition) is 1. The first-order valence-corrected chi connectivity index (χ1v) is 17.9. The van der Waals surface area contributed by atoms with E-state index in [0.717, 1.165) is 17.9 Å². The average molecular weight is 649 g/mol. The van der Waals surface area contributed by atoms with Crippen LogP contribution in [0.5, 0.6) is 11.5 Å². The predicted molar refractivity (Wildman–Crippen MR) is 205 cm³/mol. The van der Waals surface area contributed by atoms with Crippen LogP contribution in [0.25, 0.3) is 21.9 Å². The highest BCUT2D eigenvalue weighted by atomic mass is 16.5.